The molecule has 0 bridgehead atoms. The Morgan fingerprint density at radius 1 is 1.13 bits per heavy atom. The first-order valence-electron chi connectivity index (χ1n) is 9.31. The highest BCUT2D eigenvalue weighted by molar-refractivity contribution is 6.05. The van der Waals surface area contributed by atoms with Crippen molar-refractivity contribution in [3.8, 4) is 11.5 Å². The number of alkyl halides is 3. The van der Waals surface area contributed by atoms with Crippen LogP contribution >= 0.6 is 0 Å². The first-order chi connectivity index (χ1) is 14.2. The number of ether oxygens (including phenoxy) is 2. The number of nitrogens with one attached hydrogen (secondary N) is 2. The van der Waals surface area contributed by atoms with Gasteiger partial charge in [0.05, 0.1) is 23.9 Å². The fourth-order valence-electron chi connectivity index (χ4n) is 2.72. The summed E-state index contributed by atoms with van der Waals surface area (Å²) >= 11 is 0. The minimum absolute atomic E-state index is 0.105. The molecule has 2 aromatic rings. The van der Waals surface area contributed by atoms with Gasteiger partial charge in [-0.05, 0) is 50.1 Å². The van der Waals surface area contributed by atoms with Crippen LogP contribution in [0.15, 0.2) is 42.5 Å². The van der Waals surface area contributed by atoms with Crippen molar-refractivity contribution in [2.75, 3.05) is 12.4 Å². The third kappa shape index (κ3) is 5.22. The lowest BCUT2D eigenvalue weighted by molar-refractivity contribution is -0.140. The summed E-state index contributed by atoms with van der Waals surface area (Å²) in [4.78, 5) is 25.1. The Morgan fingerprint density at radius 2 is 1.83 bits per heavy atom. The number of carbonyl (C=O) groups is 2. The lowest BCUT2D eigenvalue weighted by Crippen LogP contribution is -2.32. The first-order valence-corrected chi connectivity index (χ1v) is 9.31. The van der Waals surface area contributed by atoms with E-state index in [4.69, 9.17) is 9.47 Å². The van der Waals surface area contributed by atoms with Gasteiger partial charge in [0.2, 0.25) is 0 Å². The van der Waals surface area contributed by atoms with Crippen LogP contribution in [0.5, 0.6) is 11.5 Å². The fourth-order valence-corrected chi connectivity index (χ4v) is 2.72. The van der Waals surface area contributed by atoms with Gasteiger partial charge in [0.25, 0.3) is 11.8 Å². The van der Waals surface area contributed by atoms with Gasteiger partial charge in [0.15, 0.2) is 6.10 Å². The zero-order valence-electron chi connectivity index (χ0n) is 16.4. The molecule has 0 aromatic heterocycles. The predicted molar refractivity (Wildman–Crippen MR) is 104 cm³/mol. The van der Waals surface area contributed by atoms with Gasteiger partial charge in [0, 0.05) is 6.04 Å². The van der Waals surface area contributed by atoms with Crippen molar-refractivity contribution in [3.05, 3.63) is 53.6 Å². The number of carbonyl (C=O) groups excluding carboxylic acids is 2. The number of hydrogen-bond acceptors (Lipinski definition) is 4. The number of para-hydroxylation sites is 1. The van der Waals surface area contributed by atoms with Crippen molar-refractivity contribution in [1.82, 2.24) is 5.32 Å². The number of amides is 2. The number of benzene rings is 2. The van der Waals surface area contributed by atoms with Crippen LogP contribution in [0.2, 0.25) is 0 Å². The highest BCUT2D eigenvalue weighted by Crippen LogP contribution is 2.36. The van der Waals surface area contributed by atoms with E-state index in [1.807, 2.05) is 0 Å². The Kier molecular flexibility index (Phi) is 6.19. The molecule has 30 heavy (non-hydrogen) atoms. The zero-order valence-corrected chi connectivity index (χ0v) is 16.4. The SMILES string of the molecule is COc1ccc(NC(=O)C(C)Oc2ccccc2C(F)(F)F)c(C(=O)NC2CC2)c1. The summed E-state index contributed by atoms with van der Waals surface area (Å²) in [6.45, 7) is 1.33. The normalized spacial score (nSPS) is 14.6. The summed E-state index contributed by atoms with van der Waals surface area (Å²) < 4.78 is 49.8. The maximum atomic E-state index is 13.1. The lowest BCUT2D eigenvalue weighted by Gasteiger charge is -2.19. The van der Waals surface area contributed by atoms with Gasteiger partial charge >= 0.3 is 6.18 Å². The second kappa shape index (κ2) is 8.64. The smallest absolute Gasteiger partial charge is 0.419 e. The molecule has 2 amide bonds. The molecule has 3 rings (SSSR count). The standard InChI is InChI=1S/C21H21F3N2O4/c1-12(30-18-6-4-3-5-16(18)21(22,23)24)19(27)26-17-10-9-14(29-2)11-15(17)20(28)25-13-7-8-13/h3-6,9-13H,7-8H2,1-2H3,(H,25,28)(H,26,27). The molecule has 0 aliphatic heterocycles. The molecule has 6 nitrogen and oxygen atoms in total. The molecule has 1 fully saturated rings. The summed E-state index contributed by atoms with van der Waals surface area (Å²) in [5.41, 5.74) is -0.574. The molecule has 0 saturated heterocycles. The number of hydrogen-bond donors (Lipinski definition) is 2. The van der Waals surface area contributed by atoms with Crippen LogP contribution < -0.4 is 20.1 Å². The third-order valence-electron chi connectivity index (χ3n) is 4.51. The quantitative estimate of drug-likeness (QED) is 0.707. The maximum absolute atomic E-state index is 13.1. The van der Waals surface area contributed by atoms with Gasteiger partial charge in [0.1, 0.15) is 11.5 Å². The van der Waals surface area contributed by atoms with Gasteiger partial charge < -0.3 is 20.1 Å². The molecule has 1 unspecified atom stereocenters. The molecular formula is C21H21F3N2O4. The second-order valence-corrected chi connectivity index (χ2v) is 6.90. The van der Waals surface area contributed by atoms with Gasteiger partial charge in [-0.3, -0.25) is 9.59 Å². The van der Waals surface area contributed by atoms with E-state index >= 15 is 0 Å². The fraction of sp³-hybridized carbons (Fsp3) is 0.333. The number of methoxy groups -OCH3 is 1. The van der Waals surface area contributed by atoms with Crippen molar-refractivity contribution < 1.29 is 32.2 Å². The van der Waals surface area contributed by atoms with E-state index in [2.05, 4.69) is 10.6 Å². The van der Waals surface area contributed by atoms with Crippen molar-refractivity contribution >= 4 is 17.5 Å². The lowest BCUT2D eigenvalue weighted by atomic mass is 10.1. The van der Waals surface area contributed by atoms with Gasteiger partial charge in [-0.15, -0.1) is 0 Å². The molecule has 1 aliphatic carbocycles. The Labute approximate surface area is 171 Å². The van der Waals surface area contributed by atoms with Crippen LogP contribution in [-0.2, 0) is 11.0 Å². The molecule has 0 heterocycles. The zero-order chi connectivity index (χ0) is 21.9. The number of anilines is 1. The Balaban J connectivity index is 1.76. The van der Waals surface area contributed by atoms with Crippen molar-refractivity contribution in [3.63, 3.8) is 0 Å². The van der Waals surface area contributed by atoms with Crippen LogP contribution in [-0.4, -0.2) is 31.1 Å². The summed E-state index contributed by atoms with van der Waals surface area (Å²) in [6.07, 6.45) is -4.08. The molecule has 1 atom stereocenters. The minimum Gasteiger partial charge on any atom is -0.497 e. The third-order valence-corrected chi connectivity index (χ3v) is 4.51. The maximum Gasteiger partial charge on any atom is 0.419 e. The predicted octanol–water partition coefficient (Wildman–Crippen LogP) is 4.01. The van der Waals surface area contributed by atoms with Crippen LogP contribution in [0.25, 0.3) is 0 Å². The molecule has 1 aliphatic rings. The molecule has 1 saturated carbocycles. The number of halogens is 3. The van der Waals surface area contributed by atoms with E-state index in [-0.39, 0.29) is 23.2 Å². The van der Waals surface area contributed by atoms with Crippen molar-refractivity contribution in [2.24, 2.45) is 0 Å². The highest BCUT2D eigenvalue weighted by Gasteiger charge is 2.35. The molecule has 160 valence electrons. The summed E-state index contributed by atoms with van der Waals surface area (Å²) in [7, 11) is 1.45. The van der Waals surface area contributed by atoms with Gasteiger partial charge in [-0.25, -0.2) is 0 Å². The van der Waals surface area contributed by atoms with E-state index in [1.165, 1.54) is 38.3 Å². The van der Waals surface area contributed by atoms with Crippen LogP contribution in [0.4, 0.5) is 18.9 Å². The van der Waals surface area contributed by atoms with Crippen molar-refractivity contribution in [2.45, 2.75) is 38.1 Å². The van der Waals surface area contributed by atoms with Crippen LogP contribution in [0.1, 0.15) is 35.7 Å². The molecule has 0 spiro atoms. The summed E-state index contributed by atoms with van der Waals surface area (Å²) in [6, 6.07) is 9.30. The molecular weight excluding hydrogens is 401 g/mol. The molecule has 2 N–H and O–H groups in total. The van der Waals surface area contributed by atoms with Crippen LogP contribution in [0, 0.1) is 0 Å². The molecule has 2 aromatic carbocycles. The second-order valence-electron chi connectivity index (χ2n) is 6.90. The molecule has 0 radical (unpaired) electrons. The van der Waals surface area contributed by atoms with E-state index in [0.717, 1.165) is 25.0 Å². The number of rotatable bonds is 7. The topological polar surface area (TPSA) is 76.7 Å². The molecule has 9 heteroatoms. The first kappa shape index (κ1) is 21.5. The Bertz CT molecular complexity index is 942. The Hall–Kier alpha value is -3.23. The largest absolute Gasteiger partial charge is 0.497 e. The summed E-state index contributed by atoms with van der Waals surface area (Å²) in [5.74, 6) is -1.09. The van der Waals surface area contributed by atoms with Crippen molar-refractivity contribution in [1.29, 1.82) is 0 Å². The van der Waals surface area contributed by atoms with Crippen LogP contribution in [0.3, 0.4) is 0 Å². The summed E-state index contributed by atoms with van der Waals surface area (Å²) in [5, 5.41) is 5.38. The van der Waals surface area contributed by atoms with Gasteiger partial charge in [-0.2, -0.15) is 13.2 Å². The average molecular weight is 422 g/mol. The Morgan fingerprint density at radius 3 is 2.47 bits per heavy atom. The minimum atomic E-state index is -4.61. The van der Waals surface area contributed by atoms with Gasteiger partial charge in [-0.1, -0.05) is 12.1 Å². The average Bonchev–Trinajstić information content (AvgIpc) is 3.51. The van der Waals surface area contributed by atoms with E-state index < -0.39 is 29.5 Å². The van der Waals surface area contributed by atoms with E-state index in [0.29, 0.717) is 5.75 Å². The highest BCUT2D eigenvalue weighted by atomic mass is 19.4. The monoisotopic (exact) mass is 422 g/mol. The van der Waals surface area contributed by atoms with E-state index in [9.17, 15) is 22.8 Å². The van der Waals surface area contributed by atoms with E-state index in [1.54, 1.807) is 6.07 Å².